The van der Waals surface area contributed by atoms with Crippen molar-refractivity contribution in [3.63, 3.8) is 0 Å². The highest BCUT2D eigenvalue weighted by Gasteiger charge is 2.34. The molecule has 0 aliphatic carbocycles. The van der Waals surface area contributed by atoms with Crippen LogP contribution in [0.4, 0.5) is 0 Å². The van der Waals surface area contributed by atoms with Crippen molar-refractivity contribution in [2.24, 2.45) is 0 Å². The zero-order valence-corrected chi connectivity index (χ0v) is 34.8. The van der Waals surface area contributed by atoms with E-state index < -0.39 is 17.2 Å². The van der Waals surface area contributed by atoms with Crippen LogP contribution in [0.5, 0.6) is 11.8 Å². The van der Waals surface area contributed by atoms with Crippen LogP contribution in [0.15, 0.2) is 49.1 Å². The number of rotatable bonds is 10. The predicted octanol–water partition coefficient (Wildman–Crippen LogP) is 4.94. The maximum Gasteiger partial charge on any atom is 0.341 e. The number of aromatic carboxylic acids is 1. The number of carbonyl (C=O) groups is 2. The molecule has 4 N–H and O–H groups in total. The van der Waals surface area contributed by atoms with Crippen molar-refractivity contribution in [3.8, 4) is 11.8 Å². The number of nitrogens with one attached hydrogen (secondary N) is 1. The molecule has 2 fully saturated rings. The summed E-state index contributed by atoms with van der Waals surface area (Å²) in [5.41, 5.74) is -0.247. The van der Waals surface area contributed by atoms with Crippen LogP contribution in [0.25, 0.3) is 0 Å². The molecule has 17 nitrogen and oxygen atoms in total. The van der Waals surface area contributed by atoms with E-state index in [-0.39, 0.29) is 41.6 Å². The molecule has 6 rings (SSSR count). The van der Waals surface area contributed by atoms with E-state index in [9.17, 15) is 19.8 Å². The number of amides is 1. The molecule has 6 heterocycles. The molecule has 17 heteroatoms. The molecule has 0 aromatic carbocycles. The van der Waals surface area contributed by atoms with Crippen LogP contribution in [0.2, 0.25) is 0 Å². The van der Waals surface area contributed by atoms with Gasteiger partial charge in [0.15, 0.2) is 0 Å². The minimum Gasteiger partial charge on any atom is -0.477 e. The fourth-order valence-electron chi connectivity index (χ4n) is 6.10. The normalized spacial score (nSPS) is 19.9. The fourth-order valence-corrected chi connectivity index (χ4v) is 6.10. The molecule has 0 unspecified atom stereocenters. The molecule has 2 aliphatic heterocycles. The monoisotopic (exact) mass is 792 g/mol. The molecule has 57 heavy (non-hydrogen) atoms. The number of carboxylic acid groups (broad SMARTS) is 1. The molecule has 1 amide bonds. The van der Waals surface area contributed by atoms with Crippen LogP contribution in [0.1, 0.15) is 139 Å². The highest BCUT2D eigenvalue weighted by atomic mass is 16.5. The summed E-state index contributed by atoms with van der Waals surface area (Å²) in [6.45, 7) is 19.9. The zero-order valence-electron chi connectivity index (χ0n) is 34.8. The molecule has 0 saturated carbocycles. The standard InChI is InChI=1S/C20H29N5O3.C11H20N4O.C9H11NO3/c1-13(2)28-18-16(7-6-10-21-18)19(26)24-12-15(9-8-14(24)3)25-22-11-17(23-25)20(4,5)27;1-8-4-5-9(6-12-8)15-13-7-10(14-15)11(2,3)16;1-6(2)13-8-7(9(11)12)4-3-5-10-8/h6-7,10-11,13-15,27H,8-9,12H2,1-5H3;7-9,12,16H,4-6H2,1-3H3;3-6H,1-2H3,(H,11,12)/t14-,15-;8-,9-;/m11./s1. The van der Waals surface area contributed by atoms with E-state index >= 15 is 0 Å². The summed E-state index contributed by atoms with van der Waals surface area (Å²) in [5.74, 6) is -0.595. The first-order valence-electron chi connectivity index (χ1n) is 19.5. The van der Waals surface area contributed by atoms with Gasteiger partial charge in [0.25, 0.3) is 5.91 Å². The van der Waals surface area contributed by atoms with Gasteiger partial charge in [0.2, 0.25) is 11.8 Å². The molecular weight excluding hydrogens is 733 g/mol. The molecule has 2 saturated heterocycles. The number of ether oxygens (including phenoxy) is 2. The van der Waals surface area contributed by atoms with Crippen molar-refractivity contribution in [2.75, 3.05) is 13.1 Å². The van der Waals surface area contributed by atoms with Gasteiger partial charge in [0, 0.05) is 37.6 Å². The third-order valence-electron chi connectivity index (χ3n) is 9.37. The topological polar surface area (TPSA) is 216 Å². The van der Waals surface area contributed by atoms with E-state index in [0.717, 1.165) is 32.2 Å². The Morgan fingerprint density at radius 1 is 0.772 bits per heavy atom. The van der Waals surface area contributed by atoms with Crippen molar-refractivity contribution in [2.45, 2.75) is 142 Å². The Morgan fingerprint density at radius 2 is 1.26 bits per heavy atom. The lowest BCUT2D eigenvalue weighted by atomic mass is 9.98. The Hall–Kier alpha value is -5.00. The molecule has 4 atom stereocenters. The second kappa shape index (κ2) is 19.4. The van der Waals surface area contributed by atoms with Gasteiger partial charge in [-0.1, -0.05) is 0 Å². The molecule has 0 radical (unpaired) electrons. The van der Waals surface area contributed by atoms with Gasteiger partial charge in [-0.3, -0.25) is 4.79 Å². The Labute approximate surface area is 334 Å². The number of carboxylic acids is 1. The minimum absolute atomic E-state index is 0.0395. The fraction of sp³-hybridized carbons (Fsp3) is 0.600. The third kappa shape index (κ3) is 12.8. The first-order chi connectivity index (χ1) is 26.7. The number of likely N-dealkylation sites (tertiary alicyclic amines) is 1. The lowest BCUT2D eigenvalue weighted by Crippen LogP contribution is -2.46. The average molecular weight is 793 g/mol. The number of nitrogens with zero attached hydrogens (tertiary/aromatic N) is 9. The maximum atomic E-state index is 13.3. The van der Waals surface area contributed by atoms with Crippen LogP contribution < -0.4 is 14.8 Å². The number of aliphatic hydroxyl groups is 2. The largest absolute Gasteiger partial charge is 0.477 e. The Morgan fingerprint density at radius 3 is 1.72 bits per heavy atom. The number of hydrogen-bond donors (Lipinski definition) is 4. The molecule has 0 bridgehead atoms. The van der Waals surface area contributed by atoms with E-state index in [0.29, 0.717) is 41.5 Å². The quantitative estimate of drug-likeness (QED) is 0.167. The van der Waals surface area contributed by atoms with Crippen molar-refractivity contribution in [1.82, 2.24) is 50.2 Å². The highest BCUT2D eigenvalue weighted by Crippen LogP contribution is 2.29. The van der Waals surface area contributed by atoms with Crippen molar-refractivity contribution in [3.05, 3.63) is 71.6 Å². The number of hydrogen-bond acceptors (Lipinski definition) is 13. The van der Waals surface area contributed by atoms with Crippen molar-refractivity contribution >= 4 is 11.9 Å². The van der Waals surface area contributed by atoms with Gasteiger partial charge in [-0.15, -0.1) is 0 Å². The zero-order chi connectivity index (χ0) is 42.1. The predicted molar refractivity (Wildman–Crippen MR) is 212 cm³/mol. The maximum absolute atomic E-state index is 13.3. The van der Waals surface area contributed by atoms with Crippen LogP contribution >= 0.6 is 0 Å². The Balaban J connectivity index is 0.000000209. The number of piperidine rings is 2. The summed E-state index contributed by atoms with van der Waals surface area (Å²) in [6.07, 6.45) is 10.2. The van der Waals surface area contributed by atoms with Crippen molar-refractivity contribution in [1.29, 1.82) is 0 Å². The Bertz CT molecular complexity index is 1890. The van der Waals surface area contributed by atoms with Gasteiger partial charge in [-0.25, -0.2) is 14.8 Å². The molecular formula is C40H60N10O7. The van der Waals surface area contributed by atoms with Gasteiger partial charge in [-0.05, 0) is 119 Å². The SMILES string of the molecule is CC(C)Oc1ncccc1C(=O)N1C[C@H](n2ncc(C(C)(C)O)n2)CC[C@H]1C.CC(C)Oc1ncccc1C(=O)O.C[C@@H]1CC[C@@H](n2ncc(C(C)(C)O)n2)CN1. The summed E-state index contributed by atoms with van der Waals surface area (Å²) in [7, 11) is 0. The number of pyridine rings is 2. The van der Waals surface area contributed by atoms with E-state index in [2.05, 4.69) is 42.6 Å². The van der Waals surface area contributed by atoms with E-state index in [1.165, 1.54) is 12.3 Å². The van der Waals surface area contributed by atoms with Crippen LogP contribution in [0, 0.1) is 0 Å². The van der Waals surface area contributed by atoms with E-state index in [4.69, 9.17) is 14.6 Å². The smallest absolute Gasteiger partial charge is 0.341 e. The number of aromatic nitrogens is 8. The lowest BCUT2D eigenvalue weighted by molar-refractivity contribution is 0.0526. The van der Waals surface area contributed by atoms with Gasteiger partial charge >= 0.3 is 5.97 Å². The second-order valence-electron chi connectivity index (χ2n) is 16.1. The number of carbonyl (C=O) groups excluding carboxylic acids is 1. The third-order valence-corrected chi connectivity index (χ3v) is 9.37. The van der Waals surface area contributed by atoms with Gasteiger partial charge < -0.3 is 35.0 Å². The first kappa shape index (κ1) is 44.7. The van der Waals surface area contributed by atoms with Gasteiger partial charge in [0.1, 0.15) is 33.7 Å². The Kier molecular flexibility index (Phi) is 15.2. The molecule has 2 aliphatic rings. The van der Waals surface area contributed by atoms with E-state index in [1.807, 2.05) is 39.5 Å². The summed E-state index contributed by atoms with van der Waals surface area (Å²) >= 11 is 0. The van der Waals surface area contributed by atoms with Crippen molar-refractivity contribution < 1.29 is 34.4 Å². The first-order valence-corrected chi connectivity index (χ1v) is 19.5. The summed E-state index contributed by atoms with van der Waals surface area (Å²) in [5, 5.41) is 49.5. The molecule has 312 valence electrons. The molecule has 4 aromatic rings. The minimum atomic E-state index is -1.05. The van der Waals surface area contributed by atoms with Gasteiger partial charge in [-0.2, -0.15) is 30.0 Å². The molecule has 4 aromatic heterocycles. The lowest BCUT2D eigenvalue weighted by Gasteiger charge is -2.37. The second-order valence-corrected chi connectivity index (χ2v) is 16.1. The van der Waals surface area contributed by atoms with Crippen LogP contribution in [0.3, 0.4) is 0 Å². The van der Waals surface area contributed by atoms with Crippen LogP contribution in [-0.4, -0.2) is 109 Å². The summed E-state index contributed by atoms with van der Waals surface area (Å²) in [4.78, 5) is 37.2. The summed E-state index contributed by atoms with van der Waals surface area (Å²) in [6, 6.07) is 7.48. The molecule has 0 spiro atoms. The van der Waals surface area contributed by atoms with Crippen LogP contribution in [-0.2, 0) is 11.2 Å². The summed E-state index contributed by atoms with van der Waals surface area (Å²) < 4.78 is 10.9. The van der Waals surface area contributed by atoms with E-state index in [1.54, 1.807) is 74.1 Å². The van der Waals surface area contributed by atoms with Gasteiger partial charge in [0.05, 0.1) is 36.7 Å². The highest BCUT2D eigenvalue weighted by molar-refractivity contribution is 5.96. The average Bonchev–Trinajstić information content (AvgIpc) is 3.85.